The van der Waals surface area contributed by atoms with E-state index in [9.17, 15) is 0 Å². The average molecular weight is 274 g/mol. The second kappa shape index (κ2) is 5.27. The maximum atomic E-state index is 5.81. The fourth-order valence-electron chi connectivity index (χ4n) is 1.81. The highest BCUT2D eigenvalue weighted by Gasteiger charge is 2.36. The van der Waals surface area contributed by atoms with Crippen LogP contribution < -0.4 is 10.6 Å². The van der Waals surface area contributed by atoms with Crippen molar-refractivity contribution in [2.24, 2.45) is 0 Å². The molecule has 0 bridgehead atoms. The molecule has 0 unspecified atom stereocenters. The third-order valence-corrected chi connectivity index (χ3v) is 4.69. The van der Waals surface area contributed by atoms with Crippen molar-refractivity contribution in [3.63, 3.8) is 0 Å². The quantitative estimate of drug-likeness (QED) is 0.858. The van der Waals surface area contributed by atoms with Crippen LogP contribution in [0.25, 0.3) is 0 Å². The summed E-state index contributed by atoms with van der Waals surface area (Å²) in [7, 11) is 1.75. The molecule has 1 aliphatic rings. The van der Waals surface area contributed by atoms with Gasteiger partial charge in [0.15, 0.2) is 0 Å². The summed E-state index contributed by atoms with van der Waals surface area (Å²) >= 11 is 7.72. The van der Waals surface area contributed by atoms with E-state index in [1.807, 2.05) is 11.8 Å². The lowest BCUT2D eigenvalue weighted by Crippen LogP contribution is -2.40. The highest BCUT2D eigenvalue weighted by molar-refractivity contribution is 8.00. The molecule has 0 amide bonds. The molecular formula is C10H16ClN5S. The maximum Gasteiger partial charge on any atom is 0.228 e. The van der Waals surface area contributed by atoms with Crippen LogP contribution in [0.5, 0.6) is 0 Å². The first-order valence-electron chi connectivity index (χ1n) is 5.56. The van der Waals surface area contributed by atoms with Crippen LogP contribution in [0.4, 0.5) is 11.9 Å². The lowest BCUT2D eigenvalue weighted by Gasteiger charge is -2.40. The van der Waals surface area contributed by atoms with E-state index in [1.54, 1.807) is 7.05 Å². The predicted octanol–water partition coefficient (Wildman–Crippen LogP) is 2.26. The Morgan fingerprint density at radius 2 is 2.00 bits per heavy atom. The van der Waals surface area contributed by atoms with Gasteiger partial charge in [0.25, 0.3) is 0 Å². The van der Waals surface area contributed by atoms with Gasteiger partial charge < -0.3 is 10.6 Å². The topological polar surface area (TPSA) is 62.7 Å². The van der Waals surface area contributed by atoms with Crippen LogP contribution in [0, 0.1) is 0 Å². The van der Waals surface area contributed by atoms with Crippen molar-refractivity contribution in [2.45, 2.75) is 24.0 Å². The minimum atomic E-state index is 0.207. The Bertz CT molecular complexity index is 391. The van der Waals surface area contributed by atoms with Crippen molar-refractivity contribution in [1.82, 2.24) is 15.0 Å². The number of hydrogen-bond acceptors (Lipinski definition) is 6. The van der Waals surface area contributed by atoms with Crippen LogP contribution >= 0.6 is 23.4 Å². The number of nitrogens with zero attached hydrogens (tertiary/aromatic N) is 3. The lowest BCUT2D eigenvalue weighted by atomic mass is 9.84. The smallest absolute Gasteiger partial charge is 0.228 e. The van der Waals surface area contributed by atoms with Gasteiger partial charge in [0.2, 0.25) is 17.2 Å². The number of rotatable bonds is 5. The third-order valence-electron chi connectivity index (χ3n) is 3.10. The first-order chi connectivity index (χ1) is 8.17. The molecule has 0 aromatic carbocycles. The molecule has 2 N–H and O–H groups in total. The van der Waals surface area contributed by atoms with E-state index in [0.717, 1.165) is 6.54 Å². The van der Waals surface area contributed by atoms with E-state index < -0.39 is 0 Å². The highest BCUT2D eigenvalue weighted by atomic mass is 35.5. The van der Waals surface area contributed by atoms with Crippen LogP contribution in [0.3, 0.4) is 0 Å². The molecule has 1 aromatic heterocycles. The van der Waals surface area contributed by atoms with Crippen LogP contribution in [0.15, 0.2) is 0 Å². The third kappa shape index (κ3) is 2.93. The first-order valence-corrected chi connectivity index (χ1v) is 7.16. The van der Waals surface area contributed by atoms with Gasteiger partial charge in [0.1, 0.15) is 0 Å². The lowest BCUT2D eigenvalue weighted by molar-refractivity contribution is 0.379. The van der Waals surface area contributed by atoms with Gasteiger partial charge in [-0.1, -0.05) is 6.42 Å². The number of nitrogens with one attached hydrogen (secondary N) is 2. The number of aromatic nitrogens is 3. The van der Waals surface area contributed by atoms with Crippen molar-refractivity contribution >= 4 is 35.3 Å². The van der Waals surface area contributed by atoms with Gasteiger partial charge in [0, 0.05) is 18.3 Å². The van der Waals surface area contributed by atoms with Crippen molar-refractivity contribution in [1.29, 1.82) is 0 Å². The Morgan fingerprint density at radius 3 is 2.53 bits per heavy atom. The molecule has 0 atom stereocenters. The summed E-state index contributed by atoms with van der Waals surface area (Å²) in [5.41, 5.74) is 0. The van der Waals surface area contributed by atoms with E-state index >= 15 is 0 Å². The standard InChI is InChI=1S/C10H16ClN5S/c1-12-8-14-7(11)15-9(16-8)13-6-10(17-2)4-3-5-10/h3-6H2,1-2H3,(H2,12,13,14,15,16). The fraction of sp³-hybridized carbons (Fsp3) is 0.700. The summed E-state index contributed by atoms with van der Waals surface area (Å²) in [6.07, 6.45) is 5.96. The fourth-order valence-corrected chi connectivity index (χ4v) is 2.88. The first kappa shape index (κ1) is 12.7. The minimum Gasteiger partial charge on any atom is -0.357 e. The van der Waals surface area contributed by atoms with Crippen molar-refractivity contribution in [3.8, 4) is 0 Å². The molecule has 1 aliphatic carbocycles. The second-order valence-electron chi connectivity index (χ2n) is 4.10. The number of hydrogen-bond donors (Lipinski definition) is 2. The van der Waals surface area contributed by atoms with Crippen LogP contribution in [0.1, 0.15) is 19.3 Å². The Morgan fingerprint density at radius 1 is 1.29 bits per heavy atom. The molecule has 7 heteroatoms. The largest absolute Gasteiger partial charge is 0.357 e. The van der Waals surface area contributed by atoms with Gasteiger partial charge in [0.05, 0.1) is 0 Å². The summed E-state index contributed by atoms with van der Waals surface area (Å²) < 4.78 is 0.346. The van der Waals surface area contributed by atoms with Crippen molar-refractivity contribution in [3.05, 3.63) is 5.28 Å². The van der Waals surface area contributed by atoms with Gasteiger partial charge >= 0.3 is 0 Å². The van der Waals surface area contributed by atoms with E-state index in [2.05, 4.69) is 31.8 Å². The zero-order chi connectivity index (χ0) is 12.3. The zero-order valence-corrected chi connectivity index (χ0v) is 11.5. The average Bonchev–Trinajstić information content (AvgIpc) is 2.27. The van der Waals surface area contributed by atoms with E-state index in [0.29, 0.717) is 16.6 Å². The zero-order valence-electron chi connectivity index (χ0n) is 9.96. The molecular weight excluding hydrogens is 258 g/mol. The Balaban J connectivity index is 2.01. The molecule has 0 spiro atoms. The van der Waals surface area contributed by atoms with Gasteiger partial charge in [-0.2, -0.15) is 26.7 Å². The van der Waals surface area contributed by atoms with Crippen molar-refractivity contribution < 1.29 is 0 Å². The molecule has 5 nitrogen and oxygen atoms in total. The molecule has 94 valence electrons. The second-order valence-corrected chi connectivity index (χ2v) is 5.71. The summed E-state index contributed by atoms with van der Waals surface area (Å²) in [5.74, 6) is 1.02. The predicted molar refractivity (Wildman–Crippen MR) is 73.0 cm³/mol. The normalized spacial score (nSPS) is 17.4. The van der Waals surface area contributed by atoms with Crippen molar-refractivity contribution in [2.75, 3.05) is 30.5 Å². The molecule has 0 saturated heterocycles. The molecule has 1 saturated carbocycles. The molecule has 1 aromatic rings. The Hall–Kier alpha value is -0.750. The van der Waals surface area contributed by atoms with Gasteiger partial charge in [-0.15, -0.1) is 0 Å². The van der Waals surface area contributed by atoms with Gasteiger partial charge in [-0.05, 0) is 30.7 Å². The van der Waals surface area contributed by atoms with Gasteiger partial charge in [-0.25, -0.2) is 0 Å². The highest BCUT2D eigenvalue weighted by Crippen LogP contribution is 2.42. The molecule has 2 rings (SSSR count). The minimum absolute atomic E-state index is 0.207. The van der Waals surface area contributed by atoms with E-state index in [1.165, 1.54) is 19.3 Å². The molecule has 0 radical (unpaired) electrons. The Kier molecular flexibility index (Phi) is 3.93. The maximum absolute atomic E-state index is 5.81. The number of anilines is 2. The molecule has 1 heterocycles. The van der Waals surface area contributed by atoms with Crippen LogP contribution in [0.2, 0.25) is 5.28 Å². The molecule has 17 heavy (non-hydrogen) atoms. The number of thioether (sulfide) groups is 1. The summed E-state index contributed by atoms with van der Waals surface area (Å²) in [4.78, 5) is 12.2. The SMILES string of the molecule is CNc1nc(Cl)nc(NCC2(SC)CCC2)n1. The number of halogens is 1. The summed E-state index contributed by atoms with van der Waals surface area (Å²) in [5, 5.41) is 6.31. The molecule has 1 fully saturated rings. The Labute approximate surface area is 110 Å². The van der Waals surface area contributed by atoms with Crippen LogP contribution in [-0.2, 0) is 0 Å². The monoisotopic (exact) mass is 273 g/mol. The summed E-state index contributed by atoms with van der Waals surface area (Å²) in [6, 6.07) is 0. The summed E-state index contributed by atoms with van der Waals surface area (Å²) in [6.45, 7) is 0.873. The van der Waals surface area contributed by atoms with Crippen LogP contribution in [-0.4, -0.2) is 39.5 Å². The van der Waals surface area contributed by atoms with E-state index in [4.69, 9.17) is 11.6 Å². The van der Waals surface area contributed by atoms with E-state index in [-0.39, 0.29) is 5.28 Å². The molecule has 0 aliphatic heterocycles. The van der Waals surface area contributed by atoms with Gasteiger partial charge in [-0.3, -0.25) is 0 Å².